The minimum Gasteiger partial charge on any atom is -0.418 e. The maximum absolute atomic E-state index is 10.4. The molecule has 0 bridgehead atoms. The van der Waals surface area contributed by atoms with E-state index in [1.165, 1.54) is 81.9 Å². The van der Waals surface area contributed by atoms with Crippen LogP contribution in [0.4, 0.5) is 0 Å². The first kappa shape index (κ1) is 21.2. The van der Waals surface area contributed by atoms with Crippen molar-refractivity contribution in [2.75, 3.05) is 0 Å². The maximum Gasteiger partial charge on any atom is 0.299 e. The Bertz CT molecular complexity index is 414. The van der Waals surface area contributed by atoms with E-state index in [-0.39, 0.29) is 0 Å². The summed E-state index contributed by atoms with van der Waals surface area (Å²) in [7, 11) is 0. The van der Waals surface area contributed by atoms with Crippen LogP contribution in [-0.2, 0) is 11.2 Å². The van der Waals surface area contributed by atoms with Gasteiger partial charge >= 0.3 is 0 Å². The van der Waals surface area contributed by atoms with Gasteiger partial charge in [-0.1, -0.05) is 90.9 Å². The lowest BCUT2D eigenvalue weighted by molar-refractivity contribution is -0.120. The molecular formula is C21H36O2S. The number of carbonyl (C=O) groups is 1. The average Bonchev–Trinajstić information content (AvgIpc) is 3.02. The first-order chi connectivity index (χ1) is 11.8. The quantitative estimate of drug-likeness (QED) is 0.233. The van der Waals surface area contributed by atoms with Crippen molar-refractivity contribution >= 4 is 17.8 Å². The Balaban J connectivity index is 2.36. The minimum atomic E-state index is 0.522. The molecule has 0 fully saturated rings. The molecule has 0 aliphatic rings. The van der Waals surface area contributed by atoms with Crippen molar-refractivity contribution in [3.63, 3.8) is 0 Å². The van der Waals surface area contributed by atoms with Crippen molar-refractivity contribution in [1.29, 1.82) is 0 Å². The molecule has 1 aromatic heterocycles. The average molecular weight is 353 g/mol. The zero-order valence-corrected chi connectivity index (χ0v) is 16.5. The van der Waals surface area contributed by atoms with Crippen LogP contribution in [-0.4, -0.2) is 6.47 Å². The van der Waals surface area contributed by atoms with Gasteiger partial charge in [0.05, 0.1) is 0 Å². The van der Waals surface area contributed by atoms with Crippen LogP contribution in [0, 0.1) is 5.92 Å². The highest BCUT2D eigenvalue weighted by Crippen LogP contribution is 2.29. The Labute approximate surface area is 153 Å². The smallest absolute Gasteiger partial charge is 0.299 e. The number of carbonyl (C=O) groups excluding carboxylic acids is 1. The first-order valence-corrected chi connectivity index (χ1v) is 10.8. The van der Waals surface area contributed by atoms with Gasteiger partial charge in [-0.3, -0.25) is 4.79 Å². The van der Waals surface area contributed by atoms with Crippen LogP contribution in [0.1, 0.15) is 95.8 Å². The zero-order chi connectivity index (χ0) is 17.5. The largest absolute Gasteiger partial charge is 0.418 e. The molecule has 138 valence electrons. The van der Waals surface area contributed by atoms with Crippen molar-refractivity contribution in [2.24, 2.45) is 5.92 Å². The summed E-state index contributed by atoms with van der Waals surface area (Å²) in [6, 6.07) is 4.05. The SMILES string of the molecule is CCCCCCCCC(CCCCCC)Cc1ccc(OC=O)s1. The standard InChI is InChI=1S/C21H36O2S/c1-3-5-7-9-10-12-14-19(13-11-8-6-4-2)17-20-15-16-21(24-20)23-18-22/h15-16,18-19H,3-14,17H2,1-2H3. The molecular weight excluding hydrogens is 316 g/mol. The molecule has 0 saturated heterocycles. The van der Waals surface area contributed by atoms with E-state index in [1.807, 2.05) is 6.07 Å². The third-order valence-electron chi connectivity index (χ3n) is 4.72. The minimum absolute atomic E-state index is 0.522. The van der Waals surface area contributed by atoms with Gasteiger partial charge in [0.1, 0.15) is 0 Å². The van der Waals surface area contributed by atoms with Gasteiger partial charge in [0.15, 0.2) is 5.06 Å². The van der Waals surface area contributed by atoms with Crippen molar-refractivity contribution < 1.29 is 9.53 Å². The van der Waals surface area contributed by atoms with Crippen molar-refractivity contribution in [1.82, 2.24) is 0 Å². The fourth-order valence-electron chi connectivity index (χ4n) is 3.28. The molecule has 0 saturated carbocycles. The number of unbranched alkanes of at least 4 members (excludes halogenated alkanes) is 8. The Kier molecular flexibility index (Phi) is 12.8. The monoisotopic (exact) mass is 352 g/mol. The lowest BCUT2D eigenvalue weighted by Gasteiger charge is -2.16. The fourth-order valence-corrected chi connectivity index (χ4v) is 4.22. The molecule has 0 N–H and O–H groups in total. The molecule has 0 aliphatic carbocycles. The van der Waals surface area contributed by atoms with Crippen LogP contribution < -0.4 is 4.74 Å². The molecule has 0 aromatic carbocycles. The highest BCUT2D eigenvalue weighted by atomic mass is 32.1. The Hall–Kier alpha value is -0.830. The van der Waals surface area contributed by atoms with E-state index in [1.54, 1.807) is 11.3 Å². The van der Waals surface area contributed by atoms with E-state index >= 15 is 0 Å². The van der Waals surface area contributed by atoms with E-state index in [4.69, 9.17) is 4.74 Å². The highest BCUT2D eigenvalue weighted by molar-refractivity contribution is 7.13. The lowest BCUT2D eigenvalue weighted by Crippen LogP contribution is -2.04. The first-order valence-electron chi connectivity index (χ1n) is 9.99. The van der Waals surface area contributed by atoms with E-state index in [0.717, 1.165) is 17.4 Å². The summed E-state index contributed by atoms with van der Waals surface area (Å²) in [4.78, 5) is 11.8. The summed E-state index contributed by atoms with van der Waals surface area (Å²) in [5.41, 5.74) is 0. The van der Waals surface area contributed by atoms with Crippen LogP contribution in [0.15, 0.2) is 12.1 Å². The Morgan fingerprint density at radius 2 is 1.50 bits per heavy atom. The van der Waals surface area contributed by atoms with Crippen LogP contribution in [0.3, 0.4) is 0 Å². The molecule has 1 aromatic rings. The Morgan fingerprint density at radius 3 is 2.12 bits per heavy atom. The van der Waals surface area contributed by atoms with Gasteiger partial charge in [0, 0.05) is 4.88 Å². The number of rotatable bonds is 16. The third kappa shape index (κ3) is 10.1. The summed E-state index contributed by atoms with van der Waals surface area (Å²) in [5.74, 6) is 0.788. The zero-order valence-electron chi connectivity index (χ0n) is 15.7. The van der Waals surface area contributed by atoms with Gasteiger partial charge < -0.3 is 4.74 Å². The topological polar surface area (TPSA) is 26.3 Å². The number of ether oxygens (including phenoxy) is 1. The van der Waals surface area contributed by atoms with Crippen molar-refractivity contribution in [3.8, 4) is 5.06 Å². The molecule has 3 heteroatoms. The summed E-state index contributed by atoms with van der Waals surface area (Å²) in [6.45, 7) is 5.07. The lowest BCUT2D eigenvalue weighted by atomic mass is 9.91. The van der Waals surface area contributed by atoms with Crippen molar-refractivity contribution in [3.05, 3.63) is 17.0 Å². The number of thiophene rings is 1. The molecule has 1 heterocycles. The molecule has 0 spiro atoms. The second-order valence-corrected chi connectivity index (χ2v) is 8.04. The molecule has 24 heavy (non-hydrogen) atoms. The van der Waals surface area contributed by atoms with Crippen molar-refractivity contribution in [2.45, 2.75) is 97.3 Å². The van der Waals surface area contributed by atoms with E-state index in [9.17, 15) is 4.79 Å². The van der Waals surface area contributed by atoms with E-state index in [0.29, 0.717) is 6.47 Å². The second-order valence-electron chi connectivity index (χ2n) is 6.91. The second kappa shape index (κ2) is 14.5. The normalized spacial score (nSPS) is 12.2. The summed E-state index contributed by atoms with van der Waals surface area (Å²) in [5, 5.41) is 0.726. The van der Waals surface area contributed by atoms with Gasteiger partial charge in [0.25, 0.3) is 6.47 Å². The summed E-state index contributed by atoms with van der Waals surface area (Å²) >= 11 is 1.63. The molecule has 1 rings (SSSR count). The number of hydrogen-bond acceptors (Lipinski definition) is 3. The van der Waals surface area contributed by atoms with Gasteiger partial charge in [-0.15, -0.1) is 11.3 Å². The fraction of sp³-hybridized carbons (Fsp3) is 0.762. The summed E-state index contributed by atoms with van der Waals surface area (Å²) in [6.07, 6.45) is 17.5. The van der Waals surface area contributed by atoms with Gasteiger partial charge in [-0.05, 0) is 24.5 Å². The van der Waals surface area contributed by atoms with Crippen LogP contribution in [0.2, 0.25) is 0 Å². The van der Waals surface area contributed by atoms with Crippen LogP contribution in [0.25, 0.3) is 0 Å². The molecule has 2 nitrogen and oxygen atoms in total. The predicted molar refractivity (Wildman–Crippen MR) is 105 cm³/mol. The highest BCUT2D eigenvalue weighted by Gasteiger charge is 2.12. The molecule has 0 radical (unpaired) electrons. The Morgan fingerprint density at radius 1 is 0.917 bits per heavy atom. The summed E-state index contributed by atoms with van der Waals surface area (Å²) < 4.78 is 4.96. The van der Waals surface area contributed by atoms with Gasteiger partial charge in [-0.2, -0.15) is 0 Å². The molecule has 0 amide bonds. The third-order valence-corrected chi connectivity index (χ3v) is 5.72. The van der Waals surface area contributed by atoms with Crippen LogP contribution in [0.5, 0.6) is 5.06 Å². The molecule has 1 unspecified atom stereocenters. The molecule has 1 atom stereocenters. The van der Waals surface area contributed by atoms with Gasteiger partial charge in [-0.25, -0.2) is 0 Å². The maximum atomic E-state index is 10.4. The van der Waals surface area contributed by atoms with E-state index in [2.05, 4.69) is 19.9 Å². The molecule has 0 aliphatic heterocycles. The predicted octanol–water partition coefficient (Wildman–Crippen LogP) is 7.16. The van der Waals surface area contributed by atoms with Gasteiger partial charge in [0.2, 0.25) is 0 Å². The number of hydrogen-bond donors (Lipinski definition) is 0. The van der Waals surface area contributed by atoms with Crippen LogP contribution >= 0.6 is 11.3 Å². The van der Waals surface area contributed by atoms with E-state index < -0.39 is 0 Å².